The van der Waals surface area contributed by atoms with Crippen LogP contribution < -0.4 is 5.32 Å². The van der Waals surface area contributed by atoms with Crippen molar-refractivity contribution in [2.45, 2.75) is 18.8 Å². The zero-order valence-electron chi connectivity index (χ0n) is 9.49. The first kappa shape index (κ1) is 10.6. The molecule has 1 aromatic heterocycles. The van der Waals surface area contributed by atoms with Crippen molar-refractivity contribution in [3.05, 3.63) is 36.0 Å². The summed E-state index contributed by atoms with van der Waals surface area (Å²) in [6, 6.07) is 4.63. The lowest BCUT2D eigenvalue weighted by atomic mass is 9.97. The molecule has 3 nitrogen and oxygen atoms in total. The van der Waals surface area contributed by atoms with Gasteiger partial charge in [0.05, 0.1) is 5.52 Å². The van der Waals surface area contributed by atoms with Gasteiger partial charge in [0.2, 0.25) is 0 Å². The Morgan fingerprint density at radius 3 is 2.88 bits per heavy atom. The first-order chi connectivity index (χ1) is 8.33. The maximum Gasteiger partial charge on any atom is 0.132 e. The minimum absolute atomic E-state index is 0.243. The van der Waals surface area contributed by atoms with E-state index in [0.717, 1.165) is 37.1 Å². The van der Waals surface area contributed by atoms with E-state index in [9.17, 15) is 4.39 Å². The third kappa shape index (κ3) is 2.13. The first-order valence-electron chi connectivity index (χ1n) is 5.96. The van der Waals surface area contributed by atoms with Gasteiger partial charge in [-0.05, 0) is 38.1 Å². The topological polar surface area (TPSA) is 37.8 Å². The van der Waals surface area contributed by atoms with Gasteiger partial charge in [-0.25, -0.2) is 14.4 Å². The molecular weight excluding hydrogens is 217 g/mol. The van der Waals surface area contributed by atoms with Crippen LogP contribution in [0.15, 0.2) is 24.4 Å². The zero-order valence-corrected chi connectivity index (χ0v) is 9.49. The van der Waals surface area contributed by atoms with Crippen LogP contribution in [0.3, 0.4) is 0 Å². The van der Waals surface area contributed by atoms with E-state index in [1.807, 2.05) is 0 Å². The maximum atomic E-state index is 13.1. The highest BCUT2D eigenvalue weighted by atomic mass is 19.1. The lowest BCUT2D eigenvalue weighted by Gasteiger charge is -2.21. The molecule has 0 bridgehead atoms. The van der Waals surface area contributed by atoms with Crippen molar-refractivity contribution in [1.29, 1.82) is 0 Å². The number of aromatic nitrogens is 2. The van der Waals surface area contributed by atoms with Gasteiger partial charge in [0.15, 0.2) is 0 Å². The van der Waals surface area contributed by atoms with Crippen LogP contribution in [0.4, 0.5) is 4.39 Å². The molecule has 0 atom stereocenters. The molecular formula is C13H14FN3. The lowest BCUT2D eigenvalue weighted by Crippen LogP contribution is -2.27. The summed E-state index contributed by atoms with van der Waals surface area (Å²) in [6.45, 7) is 2.02. The van der Waals surface area contributed by atoms with Crippen LogP contribution in [0.2, 0.25) is 0 Å². The van der Waals surface area contributed by atoms with Crippen LogP contribution in [0.25, 0.3) is 10.9 Å². The number of nitrogens with one attached hydrogen (secondary N) is 1. The van der Waals surface area contributed by atoms with Crippen molar-refractivity contribution in [3.63, 3.8) is 0 Å². The number of halogens is 1. The Labute approximate surface area is 99.1 Å². The van der Waals surface area contributed by atoms with Gasteiger partial charge in [-0.2, -0.15) is 0 Å². The summed E-state index contributed by atoms with van der Waals surface area (Å²) < 4.78 is 13.1. The molecule has 4 heteroatoms. The normalized spacial score (nSPS) is 17.5. The van der Waals surface area contributed by atoms with Gasteiger partial charge in [0.25, 0.3) is 0 Å². The fraction of sp³-hybridized carbons (Fsp3) is 0.385. The molecule has 0 amide bonds. The van der Waals surface area contributed by atoms with Crippen LogP contribution in [-0.4, -0.2) is 23.1 Å². The van der Waals surface area contributed by atoms with Crippen LogP contribution in [-0.2, 0) is 0 Å². The molecule has 0 saturated carbocycles. The Hall–Kier alpha value is -1.55. The second kappa shape index (κ2) is 4.37. The summed E-state index contributed by atoms with van der Waals surface area (Å²) in [4.78, 5) is 8.88. The average Bonchev–Trinajstić information content (AvgIpc) is 2.39. The predicted molar refractivity (Wildman–Crippen MR) is 64.3 cm³/mol. The second-order valence-electron chi connectivity index (χ2n) is 4.46. The summed E-state index contributed by atoms with van der Waals surface area (Å²) >= 11 is 0. The fourth-order valence-corrected chi connectivity index (χ4v) is 2.29. The SMILES string of the molecule is Fc1ccc2cnc(C3CCNCC3)nc2c1. The smallest absolute Gasteiger partial charge is 0.132 e. The Kier molecular flexibility index (Phi) is 2.73. The Bertz CT molecular complexity index is 535. The van der Waals surface area contributed by atoms with E-state index in [4.69, 9.17) is 0 Å². The maximum absolute atomic E-state index is 13.1. The molecule has 3 rings (SSSR count). The fourth-order valence-electron chi connectivity index (χ4n) is 2.29. The minimum Gasteiger partial charge on any atom is -0.317 e. The van der Waals surface area contributed by atoms with Gasteiger partial charge < -0.3 is 5.32 Å². The summed E-state index contributed by atoms with van der Waals surface area (Å²) in [7, 11) is 0. The second-order valence-corrected chi connectivity index (χ2v) is 4.46. The number of hydrogen-bond donors (Lipinski definition) is 1. The molecule has 1 N–H and O–H groups in total. The molecule has 0 aliphatic carbocycles. The third-order valence-corrected chi connectivity index (χ3v) is 3.27. The molecule has 88 valence electrons. The van der Waals surface area contributed by atoms with Gasteiger partial charge in [-0.15, -0.1) is 0 Å². The largest absolute Gasteiger partial charge is 0.317 e. The first-order valence-corrected chi connectivity index (χ1v) is 5.96. The van der Waals surface area contributed by atoms with E-state index < -0.39 is 0 Å². The van der Waals surface area contributed by atoms with Crippen molar-refractivity contribution in [2.24, 2.45) is 0 Å². The predicted octanol–water partition coefficient (Wildman–Crippen LogP) is 2.24. The van der Waals surface area contributed by atoms with Crippen molar-refractivity contribution >= 4 is 10.9 Å². The van der Waals surface area contributed by atoms with Crippen molar-refractivity contribution in [3.8, 4) is 0 Å². The number of benzene rings is 1. The molecule has 2 aromatic rings. The molecule has 17 heavy (non-hydrogen) atoms. The molecule has 0 unspecified atom stereocenters. The molecule has 1 saturated heterocycles. The zero-order chi connectivity index (χ0) is 11.7. The summed E-state index contributed by atoms with van der Waals surface area (Å²) in [6.07, 6.45) is 3.90. The number of rotatable bonds is 1. The third-order valence-electron chi connectivity index (χ3n) is 3.27. The molecule has 1 aliphatic rings. The summed E-state index contributed by atoms with van der Waals surface area (Å²) in [5.41, 5.74) is 0.702. The molecule has 2 heterocycles. The molecule has 1 fully saturated rings. The Morgan fingerprint density at radius 1 is 1.24 bits per heavy atom. The highest BCUT2D eigenvalue weighted by Gasteiger charge is 2.17. The summed E-state index contributed by atoms with van der Waals surface area (Å²) in [5.74, 6) is 1.01. The van der Waals surface area contributed by atoms with Crippen LogP contribution in [0.5, 0.6) is 0 Å². The number of piperidine rings is 1. The van der Waals surface area contributed by atoms with Crippen molar-refractivity contribution < 1.29 is 4.39 Å². The molecule has 1 aromatic carbocycles. The lowest BCUT2D eigenvalue weighted by molar-refractivity contribution is 0.446. The number of hydrogen-bond acceptors (Lipinski definition) is 3. The van der Waals surface area contributed by atoms with E-state index in [1.165, 1.54) is 12.1 Å². The van der Waals surface area contributed by atoms with Gasteiger partial charge in [0.1, 0.15) is 11.6 Å². The highest BCUT2D eigenvalue weighted by Crippen LogP contribution is 2.23. The van der Waals surface area contributed by atoms with Crippen LogP contribution in [0.1, 0.15) is 24.6 Å². The van der Waals surface area contributed by atoms with Crippen LogP contribution in [0, 0.1) is 5.82 Å². The Balaban J connectivity index is 1.99. The number of nitrogens with zero attached hydrogens (tertiary/aromatic N) is 2. The average molecular weight is 231 g/mol. The van der Waals surface area contributed by atoms with Crippen LogP contribution >= 0.6 is 0 Å². The minimum atomic E-state index is -0.243. The Morgan fingerprint density at radius 2 is 2.06 bits per heavy atom. The van der Waals surface area contributed by atoms with Crippen molar-refractivity contribution in [1.82, 2.24) is 15.3 Å². The molecule has 1 aliphatic heterocycles. The van der Waals surface area contributed by atoms with E-state index in [-0.39, 0.29) is 5.82 Å². The van der Waals surface area contributed by atoms with E-state index in [2.05, 4.69) is 15.3 Å². The number of fused-ring (bicyclic) bond motifs is 1. The van der Waals surface area contributed by atoms with E-state index in [1.54, 1.807) is 12.3 Å². The quantitative estimate of drug-likeness (QED) is 0.818. The van der Waals surface area contributed by atoms with Gasteiger partial charge >= 0.3 is 0 Å². The molecule has 0 spiro atoms. The van der Waals surface area contributed by atoms with Gasteiger partial charge in [-0.1, -0.05) is 0 Å². The van der Waals surface area contributed by atoms with Gasteiger partial charge in [-0.3, -0.25) is 0 Å². The monoisotopic (exact) mass is 231 g/mol. The molecule has 0 radical (unpaired) electrons. The van der Waals surface area contributed by atoms with Crippen molar-refractivity contribution in [2.75, 3.05) is 13.1 Å². The highest BCUT2D eigenvalue weighted by molar-refractivity contribution is 5.77. The van der Waals surface area contributed by atoms with E-state index >= 15 is 0 Å². The van der Waals surface area contributed by atoms with Gasteiger partial charge in [0, 0.05) is 23.6 Å². The van der Waals surface area contributed by atoms with E-state index in [0.29, 0.717) is 11.4 Å². The standard InChI is InChI=1S/C13H14FN3/c14-11-2-1-10-8-16-13(17-12(10)7-11)9-3-5-15-6-4-9/h1-2,7-9,15H,3-6H2. The summed E-state index contributed by atoms with van der Waals surface area (Å²) in [5, 5.41) is 4.21.